The van der Waals surface area contributed by atoms with Crippen molar-refractivity contribution in [1.82, 2.24) is 14.9 Å². The topological polar surface area (TPSA) is 85.6 Å². The van der Waals surface area contributed by atoms with Crippen LogP contribution in [0.4, 0.5) is 0 Å². The highest BCUT2D eigenvalue weighted by Crippen LogP contribution is 2.23. The molecule has 0 fully saturated rings. The predicted molar refractivity (Wildman–Crippen MR) is 135 cm³/mol. The number of thiazole rings is 1. The molecule has 3 rings (SSSR count). The molecular formula is C26H32N4O3S. The molecule has 0 aliphatic carbocycles. The lowest BCUT2D eigenvalue weighted by Crippen LogP contribution is -2.26. The molecule has 3 aromatic rings. The van der Waals surface area contributed by atoms with Gasteiger partial charge in [-0.2, -0.15) is 4.99 Å². The van der Waals surface area contributed by atoms with Gasteiger partial charge in [0.25, 0.3) is 5.91 Å². The molecule has 0 atom stereocenters. The number of unbranched alkanes of at least 4 members (excludes halogenated alkanes) is 1. The van der Waals surface area contributed by atoms with E-state index in [0.29, 0.717) is 36.5 Å². The monoisotopic (exact) mass is 480 g/mol. The zero-order valence-corrected chi connectivity index (χ0v) is 20.9. The molecule has 0 spiro atoms. The number of ether oxygens (including phenoxy) is 1. The average Bonchev–Trinajstić information content (AvgIpc) is 3.23. The lowest BCUT2D eigenvalue weighted by molar-refractivity contribution is -0.121. The van der Waals surface area contributed by atoms with Crippen molar-refractivity contribution < 1.29 is 14.3 Å². The predicted octanol–water partition coefficient (Wildman–Crippen LogP) is 4.76. The summed E-state index contributed by atoms with van der Waals surface area (Å²) in [7, 11) is 0. The van der Waals surface area contributed by atoms with Gasteiger partial charge in [-0.15, -0.1) is 11.3 Å². The van der Waals surface area contributed by atoms with E-state index in [1.54, 1.807) is 18.3 Å². The van der Waals surface area contributed by atoms with E-state index in [4.69, 9.17) is 4.74 Å². The van der Waals surface area contributed by atoms with Crippen molar-refractivity contribution in [3.63, 3.8) is 0 Å². The molecule has 2 aromatic heterocycles. The number of aryl methyl sites for hydroxylation is 1. The number of hydrogen-bond acceptors (Lipinski definition) is 5. The van der Waals surface area contributed by atoms with Gasteiger partial charge in [0.1, 0.15) is 5.75 Å². The Bertz CT molecular complexity index is 1150. The van der Waals surface area contributed by atoms with Crippen LogP contribution < -0.4 is 14.9 Å². The van der Waals surface area contributed by atoms with Crippen LogP contribution in [0.5, 0.6) is 5.75 Å². The summed E-state index contributed by atoms with van der Waals surface area (Å²) >= 11 is 1.42. The Balaban J connectivity index is 1.84. The smallest absolute Gasteiger partial charge is 0.281 e. The SMILES string of the molecule is CCCCC(=O)NCCCn1c(-c2ccc(OCC)cc2)csc1=NC(=O)c1ccc(C)nc1. The van der Waals surface area contributed by atoms with Crippen molar-refractivity contribution in [3.8, 4) is 17.0 Å². The fraction of sp³-hybridized carbons (Fsp3) is 0.385. The molecular weight excluding hydrogens is 448 g/mol. The number of hydrogen-bond donors (Lipinski definition) is 1. The van der Waals surface area contributed by atoms with Crippen molar-refractivity contribution in [2.45, 2.75) is 53.0 Å². The van der Waals surface area contributed by atoms with Gasteiger partial charge >= 0.3 is 0 Å². The van der Waals surface area contributed by atoms with Crippen molar-refractivity contribution in [2.24, 2.45) is 4.99 Å². The van der Waals surface area contributed by atoms with Crippen LogP contribution in [0, 0.1) is 6.92 Å². The quantitative estimate of drug-likeness (QED) is 0.401. The summed E-state index contributed by atoms with van der Waals surface area (Å²) in [6.07, 6.45) is 4.73. The molecule has 2 amide bonds. The molecule has 0 radical (unpaired) electrons. The Morgan fingerprint density at radius 1 is 1.12 bits per heavy atom. The fourth-order valence-corrected chi connectivity index (χ4v) is 4.32. The van der Waals surface area contributed by atoms with Crippen molar-refractivity contribution in [2.75, 3.05) is 13.2 Å². The van der Waals surface area contributed by atoms with Gasteiger partial charge in [0, 0.05) is 36.8 Å². The Hall–Kier alpha value is -3.26. The molecule has 8 heteroatoms. The van der Waals surface area contributed by atoms with Gasteiger partial charge in [-0.3, -0.25) is 14.6 Å². The fourth-order valence-electron chi connectivity index (χ4n) is 3.39. The highest BCUT2D eigenvalue weighted by molar-refractivity contribution is 7.07. The summed E-state index contributed by atoms with van der Waals surface area (Å²) in [6, 6.07) is 11.4. The molecule has 0 unspecified atom stereocenters. The summed E-state index contributed by atoms with van der Waals surface area (Å²) in [6.45, 7) is 7.71. The van der Waals surface area contributed by atoms with Crippen LogP contribution in [0.2, 0.25) is 0 Å². The van der Waals surface area contributed by atoms with Gasteiger partial charge in [0.15, 0.2) is 4.80 Å². The number of carbonyl (C=O) groups excluding carboxylic acids is 2. The zero-order chi connectivity index (χ0) is 24.3. The number of rotatable bonds is 11. The van der Waals surface area contributed by atoms with Crippen molar-refractivity contribution in [3.05, 3.63) is 64.0 Å². The van der Waals surface area contributed by atoms with Crippen LogP contribution in [0.3, 0.4) is 0 Å². The van der Waals surface area contributed by atoms with Crippen LogP contribution in [0.1, 0.15) is 55.6 Å². The maximum Gasteiger partial charge on any atom is 0.281 e. The minimum absolute atomic E-state index is 0.0795. The molecule has 180 valence electrons. The van der Waals surface area contributed by atoms with E-state index in [9.17, 15) is 9.59 Å². The summed E-state index contributed by atoms with van der Waals surface area (Å²) in [5.74, 6) is 0.569. The summed E-state index contributed by atoms with van der Waals surface area (Å²) in [5, 5.41) is 4.99. The minimum Gasteiger partial charge on any atom is -0.494 e. The molecule has 0 aliphatic rings. The Morgan fingerprint density at radius 3 is 2.59 bits per heavy atom. The van der Waals surface area contributed by atoms with E-state index in [-0.39, 0.29) is 11.8 Å². The Morgan fingerprint density at radius 2 is 1.91 bits per heavy atom. The largest absolute Gasteiger partial charge is 0.494 e. The second-order valence-corrected chi connectivity index (χ2v) is 8.76. The Labute approximate surface area is 204 Å². The van der Waals surface area contributed by atoms with Crippen LogP contribution >= 0.6 is 11.3 Å². The highest BCUT2D eigenvalue weighted by Gasteiger charge is 2.11. The van der Waals surface area contributed by atoms with Gasteiger partial charge in [0.2, 0.25) is 5.91 Å². The summed E-state index contributed by atoms with van der Waals surface area (Å²) in [5.41, 5.74) is 3.29. The molecule has 7 nitrogen and oxygen atoms in total. The van der Waals surface area contributed by atoms with E-state index in [1.165, 1.54) is 11.3 Å². The number of carbonyl (C=O) groups is 2. The molecule has 1 aromatic carbocycles. The third-order valence-corrected chi connectivity index (χ3v) is 6.12. The first-order valence-electron chi connectivity index (χ1n) is 11.7. The standard InChI is InChI=1S/C26H32N4O3S/c1-4-6-8-24(31)27-15-7-16-30-23(20-11-13-22(14-12-20)33-5-2)18-34-26(30)29-25(32)21-10-9-19(3)28-17-21/h9-14,17-18H,4-8,15-16H2,1-3H3,(H,27,31). The van der Waals surface area contributed by atoms with Gasteiger partial charge in [-0.25, -0.2) is 0 Å². The first-order valence-corrected chi connectivity index (χ1v) is 12.6. The third kappa shape index (κ3) is 7.12. The second-order valence-electron chi connectivity index (χ2n) is 7.92. The van der Waals surface area contributed by atoms with Gasteiger partial charge in [-0.05, 0) is 68.7 Å². The Kier molecular flexibility index (Phi) is 9.58. The molecule has 0 saturated carbocycles. The van der Waals surface area contributed by atoms with Gasteiger partial charge in [0.05, 0.1) is 17.9 Å². The number of amides is 2. The van der Waals surface area contributed by atoms with Crippen molar-refractivity contribution >= 4 is 23.2 Å². The van der Waals surface area contributed by atoms with Gasteiger partial charge in [-0.1, -0.05) is 13.3 Å². The maximum atomic E-state index is 12.8. The molecule has 0 saturated heterocycles. The van der Waals surface area contributed by atoms with Gasteiger partial charge < -0.3 is 14.6 Å². The maximum absolute atomic E-state index is 12.8. The van der Waals surface area contributed by atoms with Crippen LogP contribution in [-0.4, -0.2) is 34.5 Å². The number of benzene rings is 1. The van der Waals surface area contributed by atoms with Crippen molar-refractivity contribution in [1.29, 1.82) is 0 Å². The first-order chi connectivity index (χ1) is 16.5. The number of nitrogens with one attached hydrogen (secondary N) is 1. The van der Waals surface area contributed by atoms with E-state index in [1.807, 2.05) is 48.1 Å². The van der Waals surface area contributed by atoms with E-state index in [0.717, 1.165) is 42.0 Å². The second kappa shape index (κ2) is 12.8. The summed E-state index contributed by atoms with van der Waals surface area (Å²) < 4.78 is 7.60. The van der Waals surface area contributed by atoms with E-state index in [2.05, 4.69) is 22.2 Å². The molecule has 1 N–H and O–H groups in total. The molecule has 0 aliphatic heterocycles. The lowest BCUT2D eigenvalue weighted by Gasteiger charge is -2.11. The minimum atomic E-state index is -0.325. The van der Waals surface area contributed by atoms with Crippen LogP contribution in [0.25, 0.3) is 11.3 Å². The number of nitrogens with zero attached hydrogens (tertiary/aromatic N) is 3. The normalized spacial score (nSPS) is 11.4. The lowest BCUT2D eigenvalue weighted by atomic mass is 10.1. The van der Waals surface area contributed by atoms with Crippen LogP contribution in [-0.2, 0) is 11.3 Å². The van der Waals surface area contributed by atoms with Crippen LogP contribution in [0.15, 0.2) is 53.0 Å². The molecule has 0 bridgehead atoms. The third-order valence-electron chi connectivity index (χ3n) is 5.25. The average molecular weight is 481 g/mol. The molecule has 2 heterocycles. The molecule has 34 heavy (non-hydrogen) atoms. The summed E-state index contributed by atoms with van der Waals surface area (Å²) in [4.78, 5) is 33.9. The van der Waals surface area contributed by atoms with E-state index >= 15 is 0 Å². The first kappa shape index (κ1) is 25.4. The van der Waals surface area contributed by atoms with E-state index < -0.39 is 0 Å². The zero-order valence-electron chi connectivity index (χ0n) is 20.0. The number of pyridine rings is 1. The number of aromatic nitrogens is 2. The highest BCUT2D eigenvalue weighted by atomic mass is 32.1.